The normalized spacial score (nSPS) is 11.4. The molecule has 0 amide bonds. The van der Waals surface area contributed by atoms with E-state index in [2.05, 4.69) is 0 Å². The fraction of sp³-hybridized carbons (Fsp3) is 0.0588. The SMILES string of the molecule is N#Cc1c(O)c2ccc(C(F)(F)F)cc2n(-c2ccccc2)c1=O. The van der Waals surface area contributed by atoms with Crippen LogP contribution in [0.3, 0.4) is 0 Å². The molecule has 0 atom stereocenters. The molecule has 0 unspecified atom stereocenters. The molecular weight excluding hydrogens is 321 g/mol. The summed E-state index contributed by atoms with van der Waals surface area (Å²) in [5.41, 5.74) is -2.19. The van der Waals surface area contributed by atoms with Gasteiger partial charge in [0.15, 0.2) is 5.56 Å². The Labute approximate surface area is 133 Å². The molecule has 0 radical (unpaired) electrons. The number of alkyl halides is 3. The van der Waals surface area contributed by atoms with Gasteiger partial charge in [0.25, 0.3) is 5.56 Å². The maximum Gasteiger partial charge on any atom is 0.416 e. The number of pyridine rings is 1. The number of aromatic hydroxyl groups is 1. The minimum absolute atomic E-state index is 0.0111. The molecule has 0 aliphatic heterocycles. The molecule has 0 bridgehead atoms. The second-order valence-corrected chi connectivity index (χ2v) is 5.04. The Kier molecular flexibility index (Phi) is 3.53. The van der Waals surface area contributed by atoms with Crippen molar-refractivity contribution in [2.24, 2.45) is 0 Å². The molecule has 0 saturated carbocycles. The smallest absolute Gasteiger partial charge is 0.416 e. The molecule has 3 aromatic rings. The highest BCUT2D eigenvalue weighted by molar-refractivity contribution is 5.89. The number of nitrogens with zero attached hydrogens (tertiary/aromatic N) is 2. The van der Waals surface area contributed by atoms with Crippen LogP contribution in [0.1, 0.15) is 11.1 Å². The summed E-state index contributed by atoms with van der Waals surface area (Å²) in [6, 6.07) is 12.2. The van der Waals surface area contributed by atoms with Gasteiger partial charge in [0.05, 0.1) is 11.1 Å². The summed E-state index contributed by atoms with van der Waals surface area (Å²) < 4.78 is 40.0. The molecular formula is C17H9F3N2O2. The monoisotopic (exact) mass is 330 g/mol. The van der Waals surface area contributed by atoms with Gasteiger partial charge in [-0.1, -0.05) is 18.2 Å². The summed E-state index contributed by atoms with van der Waals surface area (Å²) in [6.07, 6.45) is -4.60. The van der Waals surface area contributed by atoms with E-state index in [-0.39, 0.29) is 10.9 Å². The number of rotatable bonds is 1. The summed E-state index contributed by atoms with van der Waals surface area (Å²) in [4.78, 5) is 12.5. The maximum atomic E-state index is 13.0. The lowest BCUT2D eigenvalue weighted by atomic mass is 10.1. The Morgan fingerprint density at radius 1 is 1.08 bits per heavy atom. The van der Waals surface area contributed by atoms with Gasteiger partial charge in [-0.2, -0.15) is 18.4 Å². The van der Waals surface area contributed by atoms with E-state index in [1.807, 2.05) is 0 Å². The highest BCUT2D eigenvalue weighted by atomic mass is 19.4. The lowest BCUT2D eigenvalue weighted by Crippen LogP contribution is -2.22. The van der Waals surface area contributed by atoms with Gasteiger partial charge in [-0.15, -0.1) is 0 Å². The average Bonchev–Trinajstić information content (AvgIpc) is 2.55. The highest BCUT2D eigenvalue weighted by Gasteiger charge is 2.31. The largest absolute Gasteiger partial charge is 0.506 e. The van der Waals surface area contributed by atoms with Gasteiger partial charge in [-0.3, -0.25) is 9.36 Å². The number of hydrogen-bond acceptors (Lipinski definition) is 3. The number of para-hydroxylation sites is 1. The van der Waals surface area contributed by atoms with E-state index in [9.17, 15) is 23.1 Å². The van der Waals surface area contributed by atoms with Crippen LogP contribution in [0, 0.1) is 11.3 Å². The van der Waals surface area contributed by atoms with E-state index in [1.54, 1.807) is 24.3 Å². The zero-order valence-corrected chi connectivity index (χ0v) is 12.0. The molecule has 0 aliphatic carbocycles. The first-order chi connectivity index (χ1) is 11.3. The van der Waals surface area contributed by atoms with Crippen LogP contribution in [0.15, 0.2) is 53.3 Å². The van der Waals surface area contributed by atoms with Gasteiger partial charge in [-0.05, 0) is 30.3 Å². The van der Waals surface area contributed by atoms with Crippen LogP contribution in [0.4, 0.5) is 13.2 Å². The van der Waals surface area contributed by atoms with Crippen LogP contribution in [-0.4, -0.2) is 9.67 Å². The van der Waals surface area contributed by atoms with Gasteiger partial charge in [0.2, 0.25) is 0 Å². The minimum atomic E-state index is -4.60. The van der Waals surface area contributed by atoms with Crippen LogP contribution in [0.5, 0.6) is 5.75 Å². The molecule has 7 heteroatoms. The van der Waals surface area contributed by atoms with Gasteiger partial charge < -0.3 is 5.11 Å². The molecule has 0 saturated heterocycles. The average molecular weight is 330 g/mol. The van der Waals surface area contributed by atoms with E-state index < -0.39 is 28.6 Å². The van der Waals surface area contributed by atoms with E-state index in [1.165, 1.54) is 12.1 Å². The summed E-state index contributed by atoms with van der Waals surface area (Å²) >= 11 is 0. The molecule has 2 aromatic carbocycles. The van der Waals surface area contributed by atoms with E-state index in [4.69, 9.17) is 5.26 Å². The topological polar surface area (TPSA) is 66.0 Å². The van der Waals surface area contributed by atoms with Crippen LogP contribution < -0.4 is 5.56 Å². The quantitative estimate of drug-likeness (QED) is 0.741. The first kappa shape index (κ1) is 15.6. The Morgan fingerprint density at radius 2 is 1.75 bits per heavy atom. The summed E-state index contributed by atoms with van der Waals surface area (Å²) in [7, 11) is 0. The summed E-state index contributed by atoms with van der Waals surface area (Å²) in [6.45, 7) is 0. The molecule has 24 heavy (non-hydrogen) atoms. The lowest BCUT2D eigenvalue weighted by Gasteiger charge is -2.15. The Morgan fingerprint density at radius 3 is 2.33 bits per heavy atom. The van der Waals surface area contributed by atoms with Crippen molar-refractivity contribution in [3.05, 3.63) is 70.0 Å². The van der Waals surface area contributed by atoms with Crippen molar-refractivity contribution in [3.63, 3.8) is 0 Å². The number of halogens is 3. The van der Waals surface area contributed by atoms with Crippen molar-refractivity contribution in [1.82, 2.24) is 4.57 Å². The van der Waals surface area contributed by atoms with Crippen molar-refractivity contribution >= 4 is 10.9 Å². The number of aromatic nitrogens is 1. The molecule has 1 aromatic heterocycles. The van der Waals surface area contributed by atoms with E-state index >= 15 is 0 Å². The minimum Gasteiger partial charge on any atom is -0.506 e. The maximum absolute atomic E-state index is 13.0. The second-order valence-electron chi connectivity index (χ2n) is 5.04. The number of nitriles is 1. The molecule has 120 valence electrons. The number of hydrogen-bond donors (Lipinski definition) is 1. The van der Waals surface area contributed by atoms with Crippen molar-refractivity contribution in [2.75, 3.05) is 0 Å². The van der Waals surface area contributed by atoms with Crippen molar-refractivity contribution < 1.29 is 18.3 Å². The third-order valence-corrected chi connectivity index (χ3v) is 3.60. The van der Waals surface area contributed by atoms with Crippen molar-refractivity contribution in [2.45, 2.75) is 6.18 Å². The Bertz CT molecular complexity index is 1030. The fourth-order valence-electron chi connectivity index (χ4n) is 2.48. The van der Waals surface area contributed by atoms with E-state index in [0.29, 0.717) is 5.69 Å². The molecule has 3 rings (SSSR count). The Hall–Kier alpha value is -3.27. The molecule has 1 heterocycles. The van der Waals surface area contributed by atoms with Crippen molar-refractivity contribution in [1.29, 1.82) is 5.26 Å². The third kappa shape index (κ3) is 2.38. The summed E-state index contributed by atoms with van der Waals surface area (Å²) in [5.74, 6) is -0.626. The van der Waals surface area contributed by atoms with Gasteiger partial charge in [0, 0.05) is 11.1 Å². The van der Waals surface area contributed by atoms with Gasteiger partial charge in [0.1, 0.15) is 11.8 Å². The van der Waals surface area contributed by atoms with Gasteiger partial charge >= 0.3 is 6.18 Å². The van der Waals surface area contributed by atoms with Crippen molar-refractivity contribution in [3.8, 4) is 17.5 Å². The lowest BCUT2D eigenvalue weighted by molar-refractivity contribution is -0.137. The van der Waals surface area contributed by atoms with Crippen LogP contribution in [0.2, 0.25) is 0 Å². The zero-order chi connectivity index (χ0) is 17.5. The van der Waals surface area contributed by atoms with E-state index in [0.717, 1.165) is 22.8 Å². The first-order valence-electron chi connectivity index (χ1n) is 6.79. The molecule has 1 N–H and O–H groups in total. The van der Waals surface area contributed by atoms with Crippen LogP contribution in [0.25, 0.3) is 16.6 Å². The molecule has 0 aliphatic rings. The third-order valence-electron chi connectivity index (χ3n) is 3.60. The molecule has 0 spiro atoms. The predicted molar refractivity (Wildman–Crippen MR) is 80.9 cm³/mol. The van der Waals surface area contributed by atoms with Crippen LogP contribution >= 0.6 is 0 Å². The predicted octanol–water partition coefficient (Wildman–Crippen LogP) is 3.59. The first-order valence-corrected chi connectivity index (χ1v) is 6.79. The fourth-order valence-corrected chi connectivity index (χ4v) is 2.48. The molecule has 4 nitrogen and oxygen atoms in total. The van der Waals surface area contributed by atoms with Gasteiger partial charge in [-0.25, -0.2) is 0 Å². The molecule has 0 fully saturated rings. The zero-order valence-electron chi connectivity index (χ0n) is 12.0. The second kappa shape index (κ2) is 5.42. The Balaban J connectivity index is 2.52. The number of fused-ring (bicyclic) bond motifs is 1. The number of benzene rings is 2. The highest BCUT2D eigenvalue weighted by Crippen LogP contribution is 2.34. The van der Waals surface area contributed by atoms with Crippen LogP contribution in [-0.2, 0) is 6.18 Å². The standard InChI is InChI=1S/C17H9F3N2O2/c18-17(19,20)10-6-7-12-14(8-10)22(11-4-2-1-3-5-11)16(24)13(9-21)15(12)23/h1-8,23H. The summed E-state index contributed by atoms with van der Waals surface area (Å²) in [5, 5.41) is 19.2.